The lowest BCUT2D eigenvalue weighted by molar-refractivity contribution is -0.151. The average molecular weight is 261 g/mol. The molecule has 0 aromatic heterocycles. The highest BCUT2D eigenvalue weighted by atomic mass is 32.2. The summed E-state index contributed by atoms with van der Waals surface area (Å²) in [5.41, 5.74) is -0.378. The quantitative estimate of drug-likeness (QED) is 0.715. The number of esters is 1. The summed E-state index contributed by atoms with van der Waals surface area (Å²) in [6.07, 6.45) is 0. The fourth-order valence-corrected chi connectivity index (χ4v) is 2.49. The number of ether oxygens (including phenoxy) is 1. The van der Waals surface area contributed by atoms with E-state index >= 15 is 0 Å². The van der Waals surface area contributed by atoms with Crippen molar-refractivity contribution in [3.63, 3.8) is 0 Å². The molecule has 1 atom stereocenters. The van der Waals surface area contributed by atoms with Crippen molar-refractivity contribution >= 4 is 17.7 Å². The minimum absolute atomic E-state index is 0.124. The van der Waals surface area contributed by atoms with Crippen LogP contribution in [-0.2, 0) is 9.53 Å². The lowest BCUT2D eigenvalue weighted by Crippen LogP contribution is -2.36. The van der Waals surface area contributed by atoms with Crippen LogP contribution in [0.1, 0.15) is 41.5 Å². The van der Waals surface area contributed by atoms with Gasteiger partial charge in [0.05, 0.1) is 5.75 Å². The number of nitrogens with one attached hydrogen (secondary N) is 1. The van der Waals surface area contributed by atoms with Crippen molar-refractivity contribution in [2.75, 3.05) is 18.1 Å². The van der Waals surface area contributed by atoms with E-state index in [2.05, 4.69) is 26.1 Å². The van der Waals surface area contributed by atoms with Gasteiger partial charge in [-0.2, -0.15) is 0 Å². The van der Waals surface area contributed by atoms with Crippen molar-refractivity contribution < 1.29 is 9.53 Å². The van der Waals surface area contributed by atoms with E-state index in [1.54, 1.807) is 11.8 Å². The predicted octanol–water partition coefficient (Wildman–Crippen LogP) is 2.70. The van der Waals surface area contributed by atoms with Gasteiger partial charge in [0.15, 0.2) is 0 Å². The van der Waals surface area contributed by atoms with Crippen LogP contribution in [0.4, 0.5) is 0 Å². The molecule has 0 aliphatic heterocycles. The maximum Gasteiger partial charge on any atom is 0.316 e. The number of carbonyl (C=O) groups is 1. The smallest absolute Gasteiger partial charge is 0.316 e. The zero-order valence-corrected chi connectivity index (χ0v) is 12.8. The summed E-state index contributed by atoms with van der Waals surface area (Å²) in [5.74, 6) is 1.85. The van der Waals surface area contributed by atoms with E-state index in [0.29, 0.717) is 17.7 Å². The Morgan fingerprint density at radius 2 is 1.94 bits per heavy atom. The zero-order chi connectivity index (χ0) is 13.5. The van der Waals surface area contributed by atoms with Gasteiger partial charge in [-0.3, -0.25) is 4.79 Å². The Morgan fingerprint density at radius 1 is 1.35 bits per heavy atom. The Labute approximate surface area is 110 Å². The molecule has 0 radical (unpaired) electrons. The van der Waals surface area contributed by atoms with Gasteiger partial charge < -0.3 is 10.1 Å². The molecule has 17 heavy (non-hydrogen) atoms. The second kappa shape index (κ2) is 7.98. The van der Waals surface area contributed by atoms with E-state index in [4.69, 9.17) is 4.74 Å². The zero-order valence-electron chi connectivity index (χ0n) is 12.0. The average Bonchev–Trinajstić information content (AvgIpc) is 2.13. The number of thioether (sulfide) groups is 1. The third-order valence-electron chi connectivity index (χ3n) is 2.21. The molecule has 0 fully saturated rings. The van der Waals surface area contributed by atoms with Gasteiger partial charge in [-0.1, -0.05) is 20.8 Å². The van der Waals surface area contributed by atoms with Gasteiger partial charge in [0.2, 0.25) is 0 Å². The van der Waals surface area contributed by atoms with Crippen LogP contribution >= 0.6 is 11.8 Å². The van der Waals surface area contributed by atoms with Gasteiger partial charge in [-0.05, 0) is 33.2 Å². The molecule has 0 saturated heterocycles. The summed E-state index contributed by atoms with van der Waals surface area (Å²) in [7, 11) is 0. The largest absolute Gasteiger partial charge is 0.459 e. The molecule has 0 aliphatic rings. The fraction of sp³-hybridized carbons (Fsp3) is 0.923. The van der Waals surface area contributed by atoms with E-state index in [9.17, 15) is 4.79 Å². The van der Waals surface area contributed by atoms with E-state index in [1.807, 2.05) is 20.8 Å². The molecule has 0 aliphatic carbocycles. The number of rotatable bonds is 7. The molecule has 3 nitrogen and oxygen atoms in total. The van der Waals surface area contributed by atoms with Gasteiger partial charge in [0.1, 0.15) is 5.60 Å². The normalized spacial score (nSPS) is 13.8. The molecule has 1 unspecified atom stereocenters. The first-order valence-corrected chi connectivity index (χ1v) is 7.44. The highest BCUT2D eigenvalue weighted by molar-refractivity contribution is 7.99. The molecule has 0 amide bonds. The predicted molar refractivity (Wildman–Crippen MR) is 75.5 cm³/mol. The van der Waals surface area contributed by atoms with Crippen LogP contribution in [-0.4, -0.2) is 35.7 Å². The Hall–Kier alpha value is -0.220. The molecule has 0 aromatic carbocycles. The van der Waals surface area contributed by atoms with Crippen molar-refractivity contribution in [2.24, 2.45) is 5.92 Å². The van der Waals surface area contributed by atoms with Crippen LogP contribution in [0.25, 0.3) is 0 Å². The summed E-state index contributed by atoms with van der Waals surface area (Å²) >= 11 is 1.64. The van der Waals surface area contributed by atoms with Crippen molar-refractivity contribution in [2.45, 2.75) is 53.2 Å². The van der Waals surface area contributed by atoms with Gasteiger partial charge in [0.25, 0.3) is 0 Å². The molecule has 0 bridgehead atoms. The molecular formula is C13H27NO2S. The summed E-state index contributed by atoms with van der Waals surface area (Å²) in [6, 6.07) is 0.465. The van der Waals surface area contributed by atoms with Gasteiger partial charge in [-0.25, -0.2) is 0 Å². The van der Waals surface area contributed by atoms with Crippen LogP contribution < -0.4 is 5.32 Å². The van der Waals surface area contributed by atoms with Crippen LogP contribution in [0.5, 0.6) is 0 Å². The minimum Gasteiger partial charge on any atom is -0.459 e. The lowest BCUT2D eigenvalue weighted by Gasteiger charge is -2.22. The first-order chi connectivity index (χ1) is 7.76. The summed E-state index contributed by atoms with van der Waals surface area (Å²) in [4.78, 5) is 11.5. The monoisotopic (exact) mass is 261 g/mol. The van der Waals surface area contributed by atoms with E-state index in [0.717, 1.165) is 12.3 Å². The minimum atomic E-state index is -0.378. The van der Waals surface area contributed by atoms with Crippen molar-refractivity contribution in [3.8, 4) is 0 Å². The third-order valence-corrected chi connectivity index (χ3v) is 3.24. The topological polar surface area (TPSA) is 38.3 Å². The fourth-order valence-electron chi connectivity index (χ4n) is 1.39. The Balaban J connectivity index is 3.84. The molecule has 0 rings (SSSR count). The number of hydrogen-bond donors (Lipinski definition) is 1. The molecule has 0 heterocycles. The number of carbonyl (C=O) groups excluding carboxylic acids is 1. The van der Waals surface area contributed by atoms with Crippen molar-refractivity contribution in [1.29, 1.82) is 0 Å². The molecular weight excluding hydrogens is 234 g/mol. The Kier molecular flexibility index (Phi) is 7.88. The Bertz CT molecular complexity index is 224. The molecule has 102 valence electrons. The summed E-state index contributed by atoms with van der Waals surface area (Å²) in [6.45, 7) is 13.1. The van der Waals surface area contributed by atoms with Crippen LogP contribution in [0.3, 0.4) is 0 Å². The second-order valence-electron chi connectivity index (χ2n) is 5.51. The van der Waals surface area contributed by atoms with Gasteiger partial charge in [0, 0.05) is 11.8 Å². The van der Waals surface area contributed by atoms with Crippen molar-refractivity contribution in [3.05, 3.63) is 0 Å². The van der Waals surface area contributed by atoms with Crippen LogP contribution in [0.2, 0.25) is 0 Å². The van der Waals surface area contributed by atoms with Crippen LogP contribution in [0, 0.1) is 5.92 Å². The summed E-state index contributed by atoms with van der Waals surface area (Å²) < 4.78 is 5.26. The molecule has 4 heteroatoms. The van der Waals surface area contributed by atoms with Gasteiger partial charge >= 0.3 is 5.97 Å². The molecule has 0 aromatic rings. The van der Waals surface area contributed by atoms with E-state index in [-0.39, 0.29) is 11.6 Å². The number of hydrogen-bond acceptors (Lipinski definition) is 4. The maximum atomic E-state index is 11.5. The maximum absolute atomic E-state index is 11.5. The standard InChI is InChI=1S/C13H27NO2S/c1-7-14-11(10(2)3)8-17-9-12(15)16-13(4,5)6/h10-11,14H,7-9H2,1-6H3. The van der Waals surface area contributed by atoms with Crippen molar-refractivity contribution in [1.82, 2.24) is 5.32 Å². The first-order valence-electron chi connectivity index (χ1n) is 6.29. The third kappa shape index (κ3) is 9.48. The molecule has 1 N–H and O–H groups in total. The molecule has 0 saturated carbocycles. The second-order valence-corrected chi connectivity index (χ2v) is 6.54. The SMILES string of the molecule is CCNC(CSCC(=O)OC(C)(C)C)C(C)C. The van der Waals surface area contributed by atoms with Gasteiger partial charge in [-0.15, -0.1) is 11.8 Å². The first kappa shape index (κ1) is 16.8. The highest BCUT2D eigenvalue weighted by Crippen LogP contribution is 2.13. The lowest BCUT2D eigenvalue weighted by atomic mass is 10.1. The summed E-state index contributed by atoms with van der Waals surface area (Å²) in [5, 5.41) is 3.43. The Morgan fingerprint density at radius 3 is 2.35 bits per heavy atom. The van der Waals surface area contributed by atoms with E-state index < -0.39 is 0 Å². The highest BCUT2D eigenvalue weighted by Gasteiger charge is 2.17. The van der Waals surface area contributed by atoms with E-state index in [1.165, 1.54) is 0 Å². The molecule has 0 spiro atoms. The van der Waals surface area contributed by atoms with Crippen LogP contribution in [0.15, 0.2) is 0 Å².